The molecule has 0 unspecified atom stereocenters. The highest BCUT2D eigenvalue weighted by atomic mass is 32.1. The number of hydrogen-bond donors (Lipinski definition) is 1. The summed E-state index contributed by atoms with van der Waals surface area (Å²) in [6, 6.07) is 4.31. The number of halogens is 1. The third-order valence-corrected chi connectivity index (χ3v) is 12.4. The van der Waals surface area contributed by atoms with Gasteiger partial charge in [0.25, 0.3) is 0 Å². The predicted octanol–water partition coefficient (Wildman–Crippen LogP) is 4.70. The molecule has 4 atom stereocenters. The van der Waals surface area contributed by atoms with E-state index in [2.05, 4.69) is 28.1 Å². The summed E-state index contributed by atoms with van der Waals surface area (Å²) in [4.78, 5) is 18.1. The molecule has 3 aromatic rings. The van der Waals surface area contributed by atoms with Gasteiger partial charge >= 0.3 is 0 Å². The molecule has 0 aromatic carbocycles. The van der Waals surface area contributed by atoms with Crippen molar-refractivity contribution >= 4 is 22.2 Å². The summed E-state index contributed by atoms with van der Waals surface area (Å²) < 4.78 is 27.1. The Morgan fingerprint density at radius 2 is 1.98 bits per heavy atom. The molecule has 2 N–H and O–H groups in total. The number of nitrogens with zero attached hydrogens (tertiary/aromatic N) is 7. The second-order valence-electron chi connectivity index (χ2n) is 14.0. The van der Waals surface area contributed by atoms with Gasteiger partial charge in [0.2, 0.25) is 5.88 Å². The predicted molar refractivity (Wildman–Crippen MR) is 170 cm³/mol. The number of likely N-dealkylation sites (N-methyl/N-ethyl adjacent to an activating group) is 2. The van der Waals surface area contributed by atoms with Gasteiger partial charge in [-0.15, -0.1) is 11.3 Å². The number of piperazine rings is 1. The molecule has 3 aromatic heterocycles. The van der Waals surface area contributed by atoms with Crippen LogP contribution < -0.4 is 15.4 Å². The molecule has 8 rings (SSSR count). The zero-order valence-electron chi connectivity index (χ0n) is 26.3. The summed E-state index contributed by atoms with van der Waals surface area (Å²) in [6.45, 7) is 5.14. The molecule has 0 bridgehead atoms. The van der Waals surface area contributed by atoms with Gasteiger partial charge in [-0.25, -0.2) is 9.37 Å². The summed E-state index contributed by atoms with van der Waals surface area (Å²) >= 11 is 1.54. The molecule has 10 nitrogen and oxygen atoms in total. The number of alkyl halides is 1. The number of nitrogens with two attached hydrogens (primary N) is 1. The number of anilines is 2. The lowest BCUT2D eigenvalue weighted by atomic mass is 9.63. The van der Waals surface area contributed by atoms with Crippen LogP contribution in [0.1, 0.15) is 79.2 Å². The number of hydrogen-bond acceptors (Lipinski definition) is 11. The zero-order chi connectivity index (χ0) is 31.1. The summed E-state index contributed by atoms with van der Waals surface area (Å²) in [7, 11) is 4.17. The van der Waals surface area contributed by atoms with Crippen LogP contribution in [0.2, 0.25) is 0 Å². The number of fused-ring (bicyclic) bond motifs is 4. The lowest BCUT2D eigenvalue weighted by molar-refractivity contribution is 0.117. The lowest BCUT2D eigenvalue weighted by Crippen LogP contribution is -2.53. The Bertz CT molecular complexity index is 1680. The first-order valence-corrected chi connectivity index (χ1v) is 17.2. The maximum Gasteiger partial charge on any atom is 0.219 e. The van der Waals surface area contributed by atoms with E-state index in [1.807, 2.05) is 24.9 Å². The number of aromatic nitrogens is 3. The number of rotatable bonds is 5. The molecular formula is C33H41FN8O2S. The van der Waals surface area contributed by atoms with Crippen molar-refractivity contribution < 1.29 is 13.7 Å². The van der Waals surface area contributed by atoms with E-state index in [-0.39, 0.29) is 17.7 Å². The van der Waals surface area contributed by atoms with Crippen molar-refractivity contribution in [3.63, 3.8) is 0 Å². The molecule has 0 radical (unpaired) electrons. The van der Waals surface area contributed by atoms with Crippen molar-refractivity contribution in [2.45, 2.75) is 94.0 Å². The van der Waals surface area contributed by atoms with Gasteiger partial charge in [-0.1, -0.05) is 5.16 Å². The third-order valence-electron chi connectivity index (χ3n) is 11.3. The minimum Gasteiger partial charge on any atom is -0.473 e. The minimum atomic E-state index is -0.850. The van der Waals surface area contributed by atoms with Crippen LogP contribution >= 0.6 is 11.3 Å². The van der Waals surface area contributed by atoms with Gasteiger partial charge in [0, 0.05) is 54.3 Å². The molecule has 5 heterocycles. The summed E-state index contributed by atoms with van der Waals surface area (Å²) in [5, 5.41) is 15.4. The van der Waals surface area contributed by atoms with Crippen LogP contribution in [0.15, 0.2) is 10.6 Å². The van der Waals surface area contributed by atoms with Crippen LogP contribution in [0.3, 0.4) is 0 Å². The third kappa shape index (κ3) is 4.64. The van der Waals surface area contributed by atoms with Crippen LogP contribution in [-0.4, -0.2) is 89.1 Å². The van der Waals surface area contributed by atoms with Crippen molar-refractivity contribution in [2.75, 3.05) is 50.9 Å². The first-order chi connectivity index (χ1) is 21.7. The molecule has 1 saturated carbocycles. The fourth-order valence-corrected chi connectivity index (χ4v) is 9.85. The largest absolute Gasteiger partial charge is 0.473 e. The van der Waals surface area contributed by atoms with Gasteiger partial charge in [0.05, 0.1) is 11.0 Å². The number of ether oxygens (including phenoxy) is 1. The molecule has 2 aliphatic heterocycles. The fraction of sp³-hybridized carbons (Fsp3) is 0.636. The molecule has 5 aliphatic rings. The normalized spacial score (nSPS) is 28.2. The van der Waals surface area contributed by atoms with E-state index in [0.29, 0.717) is 40.9 Å². The molecule has 2 saturated heterocycles. The van der Waals surface area contributed by atoms with Crippen LogP contribution in [-0.2, 0) is 18.3 Å². The van der Waals surface area contributed by atoms with Crippen molar-refractivity contribution in [1.29, 1.82) is 5.26 Å². The first-order valence-electron chi connectivity index (χ1n) is 16.4. The summed E-state index contributed by atoms with van der Waals surface area (Å²) in [5.74, 6) is 2.62. The highest BCUT2D eigenvalue weighted by Gasteiger charge is 2.51. The Morgan fingerprint density at radius 3 is 2.71 bits per heavy atom. The highest BCUT2D eigenvalue weighted by Crippen LogP contribution is 2.55. The molecule has 0 amide bonds. The Balaban J connectivity index is 1.20. The van der Waals surface area contributed by atoms with E-state index in [4.69, 9.17) is 25.0 Å². The Hall–Kier alpha value is -3.27. The summed E-state index contributed by atoms with van der Waals surface area (Å²) in [6.07, 6.45) is 7.20. The number of nitriles is 1. The molecule has 3 aliphatic carbocycles. The molecular weight excluding hydrogens is 591 g/mol. The summed E-state index contributed by atoms with van der Waals surface area (Å²) in [5.41, 5.74) is 9.47. The smallest absolute Gasteiger partial charge is 0.219 e. The van der Waals surface area contributed by atoms with Gasteiger partial charge in [-0.05, 0) is 84.4 Å². The highest BCUT2D eigenvalue weighted by molar-refractivity contribution is 7.16. The first kappa shape index (κ1) is 29.2. The van der Waals surface area contributed by atoms with Crippen LogP contribution in [0.5, 0.6) is 5.88 Å². The molecule has 238 valence electrons. The Morgan fingerprint density at radius 1 is 1.18 bits per heavy atom. The lowest BCUT2D eigenvalue weighted by Gasteiger charge is -2.40. The van der Waals surface area contributed by atoms with Crippen LogP contribution in [0, 0.1) is 11.3 Å². The average molecular weight is 633 g/mol. The van der Waals surface area contributed by atoms with E-state index in [0.717, 1.165) is 80.9 Å². The van der Waals surface area contributed by atoms with Gasteiger partial charge in [0.1, 0.15) is 29.2 Å². The van der Waals surface area contributed by atoms with Crippen molar-refractivity contribution in [3.05, 3.63) is 33.4 Å². The Labute approximate surface area is 267 Å². The van der Waals surface area contributed by atoms with E-state index < -0.39 is 11.6 Å². The zero-order valence-corrected chi connectivity index (χ0v) is 27.1. The molecule has 12 heteroatoms. The van der Waals surface area contributed by atoms with Gasteiger partial charge in [0.15, 0.2) is 17.3 Å². The molecule has 45 heavy (non-hydrogen) atoms. The van der Waals surface area contributed by atoms with Crippen LogP contribution in [0.25, 0.3) is 11.5 Å². The van der Waals surface area contributed by atoms with Gasteiger partial charge < -0.3 is 19.9 Å². The number of aryl methyl sites for hydroxylation is 1. The van der Waals surface area contributed by atoms with E-state index in [1.165, 1.54) is 17.7 Å². The van der Waals surface area contributed by atoms with Crippen molar-refractivity contribution in [1.82, 2.24) is 24.9 Å². The number of nitrogen functional groups attached to an aromatic ring is 1. The van der Waals surface area contributed by atoms with E-state index in [9.17, 15) is 9.65 Å². The number of likely N-dealkylation sites (tertiary alicyclic amines) is 1. The van der Waals surface area contributed by atoms with Crippen molar-refractivity contribution in [2.24, 2.45) is 0 Å². The van der Waals surface area contributed by atoms with Gasteiger partial charge in [-0.2, -0.15) is 10.2 Å². The molecule has 3 fully saturated rings. The average Bonchev–Trinajstić information content (AvgIpc) is 3.32. The van der Waals surface area contributed by atoms with Crippen LogP contribution in [0.4, 0.5) is 15.2 Å². The molecule has 2 spiro atoms. The second kappa shape index (κ2) is 10.6. The topological polar surface area (TPSA) is 121 Å². The monoisotopic (exact) mass is 632 g/mol. The second-order valence-corrected chi connectivity index (χ2v) is 15.1. The minimum absolute atomic E-state index is 0.0345. The maximum atomic E-state index is 14.3. The van der Waals surface area contributed by atoms with Gasteiger partial charge in [-0.3, -0.25) is 9.80 Å². The quantitative estimate of drug-likeness (QED) is 0.424. The Kier molecular flexibility index (Phi) is 6.89. The number of thiophene rings is 1. The van der Waals surface area contributed by atoms with Crippen molar-refractivity contribution in [3.8, 4) is 23.5 Å². The fourth-order valence-electron chi connectivity index (χ4n) is 8.68. The maximum absolute atomic E-state index is 14.3. The van der Waals surface area contributed by atoms with E-state index >= 15 is 0 Å². The standard InChI is InChI=1S/C33H41FN8O2S/c1-19(23-14-20(34)17-40(23)2)43-26-15-25(42-13-12-41(3)32(18-42)10-11-32)37-31(38-26)28-21-6-4-8-33(29(21)44-39-28)9-5-7-24-27(33)22(16-35)30(36)45-24/h15,19-20,23H,4-14,17-18,36H2,1-3H3/t19-,20+,23-,33-/m0/s1. The SMILES string of the molecule is C[C@H](Oc1cc(N2CCN(C)C3(CC3)C2)nc(-c2noc3c2CCC[C@@]32CCCc3sc(N)c(C#N)c32)n1)[C@@H]1C[C@@H](F)CN1C. The van der Waals surface area contributed by atoms with E-state index in [1.54, 1.807) is 11.3 Å².